The van der Waals surface area contributed by atoms with Gasteiger partial charge in [-0.2, -0.15) is 0 Å². The molecule has 3 aliphatic rings. The van der Waals surface area contributed by atoms with Crippen molar-refractivity contribution in [1.29, 1.82) is 0 Å². The van der Waals surface area contributed by atoms with Crippen LogP contribution in [-0.4, -0.2) is 43.0 Å². The van der Waals surface area contributed by atoms with E-state index in [-0.39, 0.29) is 5.92 Å². The van der Waals surface area contributed by atoms with E-state index < -0.39 is 0 Å². The average molecular weight is 370 g/mol. The number of likely N-dealkylation sites (tertiary alicyclic amines) is 1. The Labute approximate surface area is 163 Å². The van der Waals surface area contributed by atoms with E-state index in [1.165, 1.54) is 31.2 Å². The maximum absolute atomic E-state index is 12.7. The van der Waals surface area contributed by atoms with Crippen molar-refractivity contribution in [3.63, 3.8) is 0 Å². The Balaban J connectivity index is 1.18. The van der Waals surface area contributed by atoms with E-state index in [1.807, 2.05) is 0 Å². The summed E-state index contributed by atoms with van der Waals surface area (Å²) in [6.07, 6.45) is 8.09. The molecule has 1 heterocycles. The van der Waals surface area contributed by atoms with Crippen LogP contribution in [0, 0.1) is 23.7 Å². The number of amides is 1. The van der Waals surface area contributed by atoms with Crippen LogP contribution < -0.4 is 11.1 Å². The van der Waals surface area contributed by atoms with Crippen molar-refractivity contribution in [3.8, 4) is 0 Å². The highest BCUT2D eigenvalue weighted by Crippen LogP contribution is 2.41. The quantitative estimate of drug-likeness (QED) is 0.811. The fourth-order valence-electron chi connectivity index (χ4n) is 5.61. The van der Waals surface area contributed by atoms with Crippen molar-refractivity contribution in [2.24, 2.45) is 29.4 Å². The number of hydrogen-bond acceptors (Lipinski definition) is 3. The van der Waals surface area contributed by atoms with Crippen molar-refractivity contribution in [3.05, 3.63) is 35.9 Å². The lowest BCUT2D eigenvalue weighted by Gasteiger charge is -2.43. The van der Waals surface area contributed by atoms with Gasteiger partial charge in [0.1, 0.15) is 0 Å². The SMILES string of the molecule is NC1C2CCCC1CC(C(=O)NCC1CCN(CCc3ccccc3)C1)C2. The minimum atomic E-state index is 0.204. The zero-order valence-corrected chi connectivity index (χ0v) is 16.5. The third-order valence-corrected chi connectivity index (χ3v) is 7.28. The van der Waals surface area contributed by atoms with Crippen LogP contribution in [0.1, 0.15) is 44.1 Å². The van der Waals surface area contributed by atoms with Gasteiger partial charge in [0.05, 0.1) is 0 Å². The fourth-order valence-corrected chi connectivity index (χ4v) is 5.61. The molecule has 3 N–H and O–H groups in total. The second kappa shape index (κ2) is 8.74. The van der Waals surface area contributed by atoms with Crippen molar-refractivity contribution >= 4 is 5.91 Å². The van der Waals surface area contributed by atoms with E-state index in [0.717, 1.165) is 45.4 Å². The number of nitrogens with two attached hydrogens (primary N) is 1. The molecule has 1 amide bonds. The first-order valence-corrected chi connectivity index (χ1v) is 11.0. The number of nitrogens with one attached hydrogen (secondary N) is 1. The topological polar surface area (TPSA) is 58.4 Å². The molecular weight excluding hydrogens is 334 g/mol. The van der Waals surface area contributed by atoms with E-state index in [2.05, 4.69) is 40.5 Å². The second-order valence-electron chi connectivity index (χ2n) is 9.13. The highest BCUT2D eigenvalue weighted by atomic mass is 16.1. The lowest BCUT2D eigenvalue weighted by atomic mass is 9.65. The molecule has 2 bridgehead atoms. The third kappa shape index (κ3) is 4.72. The van der Waals surface area contributed by atoms with E-state index in [0.29, 0.717) is 29.7 Å². The molecule has 4 nitrogen and oxygen atoms in total. The van der Waals surface area contributed by atoms with Gasteiger partial charge >= 0.3 is 0 Å². The van der Waals surface area contributed by atoms with Gasteiger partial charge in [-0.3, -0.25) is 4.79 Å². The summed E-state index contributed by atoms with van der Waals surface area (Å²) in [5.74, 6) is 2.26. The first kappa shape index (κ1) is 18.9. The van der Waals surface area contributed by atoms with Gasteiger partial charge in [0.15, 0.2) is 0 Å². The molecule has 1 aliphatic heterocycles. The molecule has 0 spiro atoms. The van der Waals surface area contributed by atoms with Crippen molar-refractivity contribution in [2.45, 2.75) is 51.0 Å². The largest absolute Gasteiger partial charge is 0.356 e. The van der Waals surface area contributed by atoms with Gasteiger partial charge in [-0.15, -0.1) is 0 Å². The molecule has 0 radical (unpaired) electrons. The standard InChI is InChI=1S/C23H35N3O/c24-22-19-7-4-8-20(22)14-21(13-19)23(27)25-15-18-10-12-26(16-18)11-9-17-5-2-1-3-6-17/h1-3,5-6,18-22H,4,7-16,24H2,(H,25,27). The van der Waals surface area contributed by atoms with Gasteiger partial charge < -0.3 is 16.0 Å². The minimum Gasteiger partial charge on any atom is -0.356 e. The molecule has 27 heavy (non-hydrogen) atoms. The van der Waals surface area contributed by atoms with Crippen LogP contribution in [0.4, 0.5) is 0 Å². The Kier molecular flexibility index (Phi) is 6.14. The van der Waals surface area contributed by atoms with Gasteiger partial charge in [0, 0.05) is 31.6 Å². The summed E-state index contributed by atoms with van der Waals surface area (Å²) in [6, 6.07) is 11.1. The highest BCUT2D eigenvalue weighted by Gasteiger charge is 2.40. The van der Waals surface area contributed by atoms with E-state index in [1.54, 1.807) is 0 Å². The van der Waals surface area contributed by atoms with Crippen molar-refractivity contribution in [1.82, 2.24) is 10.2 Å². The van der Waals surface area contributed by atoms with E-state index >= 15 is 0 Å². The molecule has 1 aromatic rings. The van der Waals surface area contributed by atoms with E-state index in [9.17, 15) is 4.79 Å². The summed E-state index contributed by atoms with van der Waals surface area (Å²) < 4.78 is 0. The average Bonchev–Trinajstić information content (AvgIpc) is 3.13. The van der Waals surface area contributed by atoms with Crippen LogP contribution in [0.15, 0.2) is 30.3 Å². The van der Waals surface area contributed by atoms with Crippen molar-refractivity contribution in [2.75, 3.05) is 26.2 Å². The number of rotatable bonds is 6. The number of carbonyl (C=O) groups excluding carboxylic acids is 1. The zero-order chi connectivity index (χ0) is 18.6. The monoisotopic (exact) mass is 369 g/mol. The molecule has 1 aromatic carbocycles. The summed E-state index contributed by atoms with van der Waals surface area (Å²) in [5.41, 5.74) is 7.78. The van der Waals surface area contributed by atoms with Crippen LogP contribution in [-0.2, 0) is 11.2 Å². The van der Waals surface area contributed by atoms with Gasteiger partial charge in [-0.1, -0.05) is 36.8 Å². The second-order valence-corrected chi connectivity index (χ2v) is 9.13. The minimum absolute atomic E-state index is 0.204. The first-order valence-electron chi connectivity index (χ1n) is 11.0. The molecule has 3 fully saturated rings. The number of benzene rings is 1. The summed E-state index contributed by atoms with van der Waals surface area (Å²) in [5, 5.41) is 3.29. The molecule has 3 unspecified atom stereocenters. The van der Waals surface area contributed by atoms with Gasteiger partial charge in [-0.25, -0.2) is 0 Å². The highest BCUT2D eigenvalue weighted by molar-refractivity contribution is 5.78. The smallest absolute Gasteiger partial charge is 0.223 e. The predicted molar refractivity (Wildman–Crippen MR) is 109 cm³/mol. The summed E-state index contributed by atoms with van der Waals surface area (Å²) in [7, 11) is 0. The lowest BCUT2D eigenvalue weighted by molar-refractivity contribution is -0.128. The molecule has 4 heteroatoms. The first-order chi connectivity index (χ1) is 13.2. The molecule has 2 saturated carbocycles. The van der Waals surface area contributed by atoms with Gasteiger partial charge in [0.2, 0.25) is 5.91 Å². The lowest BCUT2D eigenvalue weighted by Crippen LogP contribution is -2.49. The number of nitrogens with zero attached hydrogens (tertiary/aromatic N) is 1. The van der Waals surface area contributed by atoms with Gasteiger partial charge in [0.25, 0.3) is 0 Å². The Morgan fingerprint density at radius 1 is 1.11 bits per heavy atom. The third-order valence-electron chi connectivity index (χ3n) is 7.28. The normalized spacial score (nSPS) is 33.7. The Morgan fingerprint density at radius 2 is 1.85 bits per heavy atom. The van der Waals surface area contributed by atoms with Crippen LogP contribution in [0.2, 0.25) is 0 Å². The summed E-state index contributed by atoms with van der Waals surface area (Å²) >= 11 is 0. The van der Waals surface area contributed by atoms with Crippen LogP contribution in [0.5, 0.6) is 0 Å². The Bertz CT molecular complexity index is 605. The summed E-state index contributed by atoms with van der Waals surface area (Å²) in [6.45, 7) is 4.25. The van der Waals surface area contributed by atoms with Crippen LogP contribution in [0.3, 0.4) is 0 Å². The van der Waals surface area contributed by atoms with Crippen LogP contribution in [0.25, 0.3) is 0 Å². The van der Waals surface area contributed by atoms with Crippen LogP contribution >= 0.6 is 0 Å². The maximum atomic E-state index is 12.7. The molecule has 0 aromatic heterocycles. The van der Waals surface area contributed by atoms with Crippen molar-refractivity contribution < 1.29 is 4.79 Å². The number of carbonyl (C=O) groups is 1. The molecule has 3 atom stereocenters. The number of hydrogen-bond donors (Lipinski definition) is 2. The zero-order valence-electron chi connectivity index (χ0n) is 16.5. The molecular formula is C23H35N3O. The Morgan fingerprint density at radius 3 is 2.59 bits per heavy atom. The molecule has 4 rings (SSSR count). The molecule has 1 saturated heterocycles. The van der Waals surface area contributed by atoms with E-state index in [4.69, 9.17) is 5.73 Å². The van der Waals surface area contributed by atoms with Gasteiger partial charge in [-0.05, 0) is 68.4 Å². The number of fused-ring (bicyclic) bond motifs is 2. The fraction of sp³-hybridized carbons (Fsp3) is 0.696. The maximum Gasteiger partial charge on any atom is 0.223 e. The summed E-state index contributed by atoms with van der Waals surface area (Å²) in [4.78, 5) is 15.3. The Hall–Kier alpha value is -1.39. The predicted octanol–water partition coefficient (Wildman–Crippen LogP) is 2.82. The molecule has 2 aliphatic carbocycles. The molecule has 148 valence electrons.